The van der Waals surface area contributed by atoms with Gasteiger partial charge in [-0.3, -0.25) is 4.79 Å². The highest BCUT2D eigenvalue weighted by Crippen LogP contribution is 2.32. The van der Waals surface area contributed by atoms with Crippen LogP contribution in [0.15, 0.2) is 34.9 Å². The van der Waals surface area contributed by atoms with E-state index in [-0.39, 0.29) is 11.7 Å². The largest absolute Gasteiger partial charge is 0.503 e. The number of carbonyl (C=O) groups is 1. The average molecular weight is 424 g/mol. The highest BCUT2D eigenvalue weighted by molar-refractivity contribution is 6.30. The molecular formula is C19H13ClF3N3O3. The van der Waals surface area contributed by atoms with E-state index < -0.39 is 40.6 Å². The topological polar surface area (TPSA) is 79.5 Å². The second-order valence-corrected chi connectivity index (χ2v) is 7.03. The van der Waals surface area contributed by atoms with Crippen molar-refractivity contribution in [2.45, 2.75) is 12.3 Å². The lowest BCUT2D eigenvalue weighted by Gasteiger charge is -2.14. The molecule has 6 nitrogen and oxygen atoms in total. The van der Waals surface area contributed by atoms with Crippen molar-refractivity contribution in [2.24, 2.45) is 0 Å². The van der Waals surface area contributed by atoms with Crippen LogP contribution in [0.25, 0.3) is 11.5 Å². The van der Waals surface area contributed by atoms with Gasteiger partial charge in [0.1, 0.15) is 0 Å². The maximum absolute atomic E-state index is 14.0. The number of hydrogen-bond acceptors (Lipinski definition) is 5. The minimum absolute atomic E-state index is 0.114. The van der Waals surface area contributed by atoms with E-state index >= 15 is 0 Å². The number of aromatic nitrogens is 2. The fourth-order valence-corrected chi connectivity index (χ4v) is 3.39. The third-order valence-corrected chi connectivity index (χ3v) is 5.05. The number of phenolic OH excluding ortho intramolecular Hbond substituents is 1. The molecule has 29 heavy (non-hydrogen) atoms. The van der Waals surface area contributed by atoms with Crippen LogP contribution in [-0.2, 0) is 0 Å². The Bertz CT molecular complexity index is 1090. The van der Waals surface area contributed by atoms with Crippen LogP contribution in [0.1, 0.15) is 28.5 Å². The predicted octanol–water partition coefficient (Wildman–Crippen LogP) is 4.14. The Morgan fingerprint density at radius 1 is 1.21 bits per heavy atom. The Morgan fingerprint density at radius 2 is 1.93 bits per heavy atom. The first-order valence-corrected chi connectivity index (χ1v) is 8.98. The van der Waals surface area contributed by atoms with Gasteiger partial charge in [0, 0.05) is 24.0 Å². The molecule has 1 atom stereocenters. The first kappa shape index (κ1) is 19.3. The van der Waals surface area contributed by atoms with E-state index in [1.54, 1.807) is 12.1 Å². The van der Waals surface area contributed by atoms with E-state index in [0.29, 0.717) is 24.2 Å². The number of hydrogen-bond donors (Lipinski definition) is 1. The Balaban J connectivity index is 1.53. The predicted molar refractivity (Wildman–Crippen MR) is 96.0 cm³/mol. The molecule has 0 spiro atoms. The van der Waals surface area contributed by atoms with Gasteiger partial charge in [-0.05, 0) is 30.2 Å². The lowest BCUT2D eigenvalue weighted by molar-refractivity contribution is 0.0775. The molecule has 1 amide bonds. The first-order valence-electron chi connectivity index (χ1n) is 8.60. The zero-order valence-electron chi connectivity index (χ0n) is 14.7. The second kappa shape index (κ2) is 7.40. The van der Waals surface area contributed by atoms with E-state index in [1.165, 1.54) is 4.90 Å². The molecular weight excluding hydrogens is 411 g/mol. The van der Waals surface area contributed by atoms with Gasteiger partial charge in [-0.15, -0.1) is 0 Å². The number of amides is 1. The minimum atomic E-state index is -1.73. The zero-order valence-corrected chi connectivity index (χ0v) is 15.5. The van der Waals surface area contributed by atoms with Crippen LogP contribution in [0.3, 0.4) is 0 Å². The van der Waals surface area contributed by atoms with Gasteiger partial charge in [-0.2, -0.15) is 9.37 Å². The lowest BCUT2D eigenvalue weighted by Crippen LogP contribution is -2.29. The van der Waals surface area contributed by atoms with Crippen LogP contribution in [0.5, 0.6) is 5.75 Å². The summed E-state index contributed by atoms with van der Waals surface area (Å²) in [6, 6.07) is 7.81. The van der Waals surface area contributed by atoms with Crippen LogP contribution >= 0.6 is 11.6 Å². The van der Waals surface area contributed by atoms with Crippen LogP contribution in [0.4, 0.5) is 13.2 Å². The first-order chi connectivity index (χ1) is 13.8. The summed E-state index contributed by atoms with van der Waals surface area (Å²) in [4.78, 5) is 17.9. The summed E-state index contributed by atoms with van der Waals surface area (Å²) in [6.45, 7) is 0.876. The van der Waals surface area contributed by atoms with Crippen LogP contribution in [0.2, 0.25) is 5.02 Å². The van der Waals surface area contributed by atoms with Crippen molar-refractivity contribution in [3.05, 3.63) is 64.2 Å². The molecule has 0 bridgehead atoms. The van der Waals surface area contributed by atoms with Gasteiger partial charge in [0.2, 0.25) is 5.82 Å². The molecule has 0 aliphatic carbocycles. The van der Waals surface area contributed by atoms with Crippen molar-refractivity contribution >= 4 is 17.5 Å². The Morgan fingerprint density at radius 3 is 2.66 bits per heavy atom. The summed E-state index contributed by atoms with van der Waals surface area (Å²) in [5.74, 6) is -7.50. The van der Waals surface area contributed by atoms with Crippen molar-refractivity contribution in [3.8, 4) is 17.2 Å². The van der Waals surface area contributed by atoms with E-state index in [2.05, 4.69) is 10.1 Å². The zero-order chi connectivity index (χ0) is 20.7. The number of aromatic hydroxyl groups is 1. The number of rotatable bonds is 3. The number of benzene rings is 2. The molecule has 2 heterocycles. The van der Waals surface area contributed by atoms with Crippen molar-refractivity contribution in [1.29, 1.82) is 0 Å². The van der Waals surface area contributed by atoms with Crippen LogP contribution in [-0.4, -0.2) is 39.1 Å². The number of carbonyl (C=O) groups excluding carboxylic acids is 1. The molecule has 1 fully saturated rings. The third-order valence-electron chi connectivity index (χ3n) is 4.80. The Kier molecular flexibility index (Phi) is 4.91. The standard InChI is InChI=1S/C19H13ClF3N3O3/c20-11-3-1-9(2-4-11)10-5-6-26(8-10)19(28)17-24-18(29-25-17)12-7-13(21)15(23)16(27)14(12)22/h1-4,7,10,27H,5-6,8H2/t10-/m1/s1. The number of phenols is 1. The molecule has 1 N–H and O–H groups in total. The van der Waals surface area contributed by atoms with Gasteiger partial charge in [0.05, 0.1) is 5.56 Å². The molecule has 2 aromatic carbocycles. The highest BCUT2D eigenvalue weighted by atomic mass is 35.5. The molecule has 0 saturated carbocycles. The summed E-state index contributed by atoms with van der Waals surface area (Å²) >= 11 is 5.89. The molecule has 1 aromatic heterocycles. The Hall–Kier alpha value is -3.07. The minimum Gasteiger partial charge on any atom is -0.503 e. The molecule has 1 aliphatic heterocycles. The van der Waals surface area contributed by atoms with Crippen molar-refractivity contribution < 1.29 is 27.6 Å². The molecule has 1 saturated heterocycles. The molecule has 10 heteroatoms. The summed E-state index contributed by atoms with van der Waals surface area (Å²) in [6.07, 6.45) is 0.726. The third kappa shape index (κ3) is 3.53. The van der Waals surface area contributed by atoms with E-state index in [4.69, 9.17) is 16.1 Å². The fraction of sp³-hybridized carbons (Fsp3) is 0.211. The second-order valence-electron chi connectivity index (χ2n) is 6.59. The van der Waals surface area contributed by atoms with Crippen molar-refractivity contribution in [2.75, 3.05) is 13.1 Å². The van der Waals surface area contributed by atoms with Crippen molar-refractivity contribution in [3.63, 3.8) is 0 Å². The smallest absolute Gasteiger partial charge is 0.295 e. The van der Waals surface area contributed by atoms with E-state index in [9.17, 15) is 23.1 Å². The molecule has 150 valence electrons. The van der Waals surface area contributed by atoms with Gasteiger partial charge >= 0.3 is 0 Å². The Labute approximate surface area is 167 Å². The monoisotopic (exact) mass is 423 g/mol. The normalized spacial score (nSPS) is 16.4. The quantitative estimate of drug-likeness (QED) is 0.640. The number of halogens is 4. The SMILES string of the molecule is O=C(c1noc(-c2cc(F)c(F)c(O)c2F)n1)N1CC[C@@H](c2ccc(Cl)cc2)C1. The van der Waals surface area contributed by atoms with Gasteiger partial charge in [0.25, 0.3) is 17.6 Å². The summed E-state index contributed by atoms with van der Waals surface area (Å²) in [5, 5.41) is 13.4. The summed E-state index contributed by atoms with van der Waals surface area (Å²) < 4.78 is 45.5. The van der Waals surface area contributed by atoms with Gasteiger partial charge in [0.15, 0.2) is 17.4 Å². The molecule has 1 aliphatic rings. The maximum atomic E-state index is 14.0. The summed E-state index contributed by atoms with van der Waals surface area (Å²) in [7, 11) is 0. The molecule has 3 aromatic rings. The number of likely N-dealkylation sites (tertiary alicyclic amines) is 1. The molecule has 0 radical (unpaired) electrons. The fourth-order valence-electron chi connectivity index (χ4n) is 3.26. The van der Waals surface area contributed by atoms with Gasteiger partial charge in [-0.1, -0.05) is 28.9 Å². The van der Waals surface area contributed by atoms with E-state index in [0.717, 1.165) is 12.0 Å². The average Bonchev–Trinajstić information content (AvgIpc) is 3.39. The maximum Gasteiger partial charge on any atom is 0.295 e. The highest BCUT2D eigenvalue weighted by Gasteiger charge is 2.31. The molecule has 4 rings (SSSR count). The number of nitrogens with zero attached hydrogens (tertiary/aromatic N) is 3. The van der Waals surface area contributed by atoms with E-state index in [1.807, 2.05) is 12.1 Å². The van der Waals surface area contributed by atoms with Crippen molar-refractivity contribution in [1.82, 2.24) is 15.0 Å². The molecule has 0 unspecified atom stereocenters. The lowest BCUT2D eigenvalue weighted by atomic mass is 9.99. The van der Waals surface area contributed by atoms with Gasteiger partial charge in [-0.25, -0.2) is 8.78 Å². The summed E-state index contributed by atoms with van der Waals surface area (Å²) in [5.41, 5.74) is 0.395. The van der Waals surface area contributed by atoms with Crippen LogP contribution in [0, 0.1) is 17.5 Å². The van der Waals surface area contributed by atoms with Gasteiger partial charge < -0.3 is 14.5 Å². The van der Waals surface area contributed by atoms with Crippen LogP contribution < -0.4 is 0 Å².